The number of ether oxygens (including phenoxy) is 1. The SMILES string of the molecule is C[C@]1(c2ccccc2)OC12CCC2. The molecule has 1 aromatic carbocycles. The molecule has 0 radical (unpaired) electrons. The van der Waals surface area contributed by atoms with Crippen LogP contribution >= 0.6 is 0 Å². The van der Waals surface area contributed by atoms with Gasteiger partial charge in [0.15, 0.2) is 0 Å². The molecule has 1 aromatic rings. The topological polar surface area (TPSA) is 12.5 Å². The van der Waals surface area contributed by atoms with E-state index in [1.54, 1.807) is 0 Å². The number of benzene rings is 1. The summed E-state index contributed by atoms with van der Waals surface area (Å²) < 4.78 is 5.91. The molecule has 0 unspecified atom stereocenters. The van der Waals surface area contributed by atoms with Gasteiger partial charge in [0.1, 0.15) is 11.2 Å². The predicted molar refractivity (Wildman–Crippen MR) is 51.5 cm³/mol. The zero-order chi connectivity index (χ0) is 8.94. The highest BCUT2D eigenvalue weighted by molar-refractivity contribution is 5.34. The first-order valence-corrected chi connectivity index (χ1v) is 5.03. The van der Waals surface area contributed by atoms with Crippen LogP contribution in [0.15, 0.2) is 30.3 Å². The third kappa shape index (κ3) is 0.806. The molecule has 1 aliphatic heterocycles. The van der Waals surface area contributed by atoms with Gasteiger partial charge in [-0.1, -0.05) is 30.3 Å². The van der Waals surface area contributed by atoms with E-state index in [0.717, 1.165) is 0 Å². The van der Waals surface area contributed by atoms with Crippen molar-refractivity contribution < 1.29 is 4.74 Å². The zero-order valence-corrected chi connectivity index (χ0v) is 7.92. The second kappa shape index (κ2) is 2.16. The van der Waals surface area contributed by atoms with E-state index in [-0.39, 0.29) is 11.2 Å². The molecule has 2 fully saturated rings. The molecular weight excluding hydrogens is 160 g/mol. The van der Waals surface area contributed by atoms with E-state index >= 15 is 0 Å². The molecule has 0 N–H and O–H groups in total. The first kappa shape index (κ1) is 7.57. The average Bonchev–Trinajstić information content (AvgIpc) is 2.76. The summed E-state index contributed by atoms with van der Waals surface area (Å²) in [4.78, 5) is 0. The van der Waals surface area contributed by atoms with Gasteiger partial charge in [-0.15, -0.1) is 0 Å². The fourth-order valence-corrected chi connectivity index (χ4v) is 2.52. The summed E-state index contributed by atoms with van der Waals surface area (Å²) in [6.45, 7) is 2.22. The molecule has 0 bridgehead atoms. The maximum Gasteiger partial charge on any atom is 0.120 e. The standard InChI is InChI=1S/C12H14O/c1-11(10-6-3-2-4-7-10)12(13-11)8-5-9-12/h2-4,6-7H,5,8-9H2,1H3/t11-/m1/s1. The Labute approximate surface area is 78.7 Å². The number of epoxide rings is 1. The summed E-state index contributed by atoms with van der Waals surface area (Å²) in [5.74, 6) is 0. The van der Waals surface area contributed by atoms with Gasteiger partial charge in [-0.3, -0.25) is 0 Å². The van der Waals surface area contributed by atoms with E-state index in [4.69, 9.17) is 4.74 Å². The Morgan fingerprint density at radius 1 is 1.15 bits per heavy atom. The van der Waals surface area contributed by atoms with Crippen molar-refractivity contribution in [1.82, 2.24) is 0 Å². The molecule has 68 valence electrons. The average molecular weight is 174 g/mol. The Balaban J connectivity index is 1.95. The van der Waals surface area contributed by atoms with E-state index in [1.165, 1.54) is 24.8 Å². The highest BCUT2D eigenvalue weighted by Crippen LogP contribution is 2.65. The summed E-state index contributed by atoms with van der Waals surface area (Å²) in [7, 11) is 0. The molecule has 0 aromatic heterocycles. The van der Waals surface area contributed by atoms with E-state index in [0.29, 0.717) is 0 Å². The molecule has 1 saturated heterocycles. The molecular formula is C12H14O. The van der Waals surface area contributed by atoms with Gasteiger partial charge in [-0.2, -0.15) is 0 Å². The molecule has 1 aliphatic carbocycles. The van der Waals surface area contributed by atoms with Gasteiger partial charge in [-0.25, -0.2) is 0 Å². The lowest BCUT2D eigenvalue weighted by molar-refractivity contribution is 0.194. The molecule has 3 rings (SSSR count). The first-order valence-electron chi connectivity index (χ1n) is 5.03. The van der Waals surface area contributed by atoms with E-state index in [1.807, 2.05) is 0 Å². The molecule has 13 heavy (non-hydrogen) atoms. The van der Waals surface area contributed by atoms with Crippen LogP contribution in [-0.2, 0) is 10.3 Å². The van der Waals surface area contributed by atoms with Crippen molar-refractivity contribution in [2.45, 2.75) is 37.4 Å². The summed E-state index contributed by atoms with van der Waals surface area (Å²) in [6, 6.07) is 10.6. The molecule has 1 atom stereocenters. The minimum absolute atomic E-state index is 0.0342. The minimum atomic E-state index is 0.0342. The van der Waals surface area contributed by atoms with Crippen molar-refractivity contribution in [3.8, 4) is 0 Å². The summed E-state index contributed by atoms with van der Waals surface area (Å²) in [5.41, 5.74) is 1.61. The Hall–Kier alpha value is -0.820. The zero-order valence-electron chi connectivity index (χ0n) is 7.92. The van der Waals surface area contributed by atoms with Gasteiger partial charge >= 0.3 is 0 Å². The molecule has 1 nitrogen and oxygen atoms in total. The Bertz CT molecular complexity index is 326. The Morgan fingerprint density at radius 2 is 1.85 bits per heavy atom. The lowest BCUT2D eigenvalue weighted by Gasteiger charge is -2.25. The van der Waals surface area contributed by atoms with Gasteiger partial charge in [0.25, 0.3) is 0 Å². The highest BCUT2D eigenvalue weighted by Gasteiger charge is 2.69. The molecule has 1 spiro atoms. The molecule has 0 amide bonds. The van der Waals surface area contributed by atoms with Gasteiger partial charge in [-0.05, 0) is 31.7 Å². The van der Waals surface area contributed by atoms with E-state index in [2.05, 4.69) is 37.3 Å². The van der Waals surface area contributed by atoms with Crippen LogP contribution in [0.1, 0.15) is 31.7 Å². The second-order valence-corrected chi connectivity index (χ2v) is 4.35. The molecule has 2 aliphatic rings. The summed E-state index contributed by atoms with van der Waals surface area (Å²) >= 11 is 0. The van der Waals surface area contributed by atoms with Crippen molar-refractivity contribution in [2.75, 3.05) is 0 Å². The third-order valence-corrected chi connectivity index (χ3v) is 3.71. The summed E-state index contributed by atoms with van der Waals surface area (Å²) in [6.07, 6.45) is 3.83. The summed E-state index contributed by atoms with van der Waals surface area (Å²) in [5, 5.41) is 0. The van der Waals surface area contributed by atoms with Crippen molar-refractivity contribution in [3.05, 3.63) is 35.9 Å². The van der Waals surface area contributed by atoms with Crippen LogP contribution in [0.2, 0.25) is 0 Å². The van der Waals surface area contributed by atoms with Crippen LogP contribution in [0.25, 0.3) is 0 Å². The predicted octanol–water partition coefficient (Wildman–Crippen LogP) is 2.85. The molecule has 1 heteroatoms. The Kier molecular flexibility index (Phi) is 1.26. The van der Waals surface area contributed by atoms with E-state index in [9.17, 15) is 0 Å². The maximum atomic E-state index is 5.91. The normalized spacial score (nSPS) is 34.2. The van der Waals surface area contributed by atoms with Gasteiger partial charge in [0.05, 0.1) is 0 Å². The smallest absolute Gasteiger partial charge is 0.120 e. The van der Waals surface area contributed by atoms with Gasteiger partial charge in [0, 0.05) is 0 Å². The lowest BCUT2D eigenvalue weighted by atomic mass is 9.74. The monoisotopic (exact) mass is 174 g/mol. The molecule has 1 heterocycles. The molecule has 1 saturated carbocycles. The van der Waals surface area contributed by atoms with Gasteiger partial charge in [0.2, 0.25) is 0 Å². The van der Waals surface area contributed by atoms with Crippen LogP contribution in [-0.4, -0.2) is 5.60 Å². The largest absolute Gasteiger partial charge is 0.358 e. The highest BCUT2D eigenvalue weighted by atomic mass is 16.6. The van der Waals surface area contributed by atoms with E-state index < -0.39 is 0 Å². The van der Waals surface area contributed by atoms with Crippen LogP contribution in [0.4, 0.5) is 0 Å². The van der Waals surface area contributed by atoms with Crippen molar-refractivity contribution in [1.29, 1.82) is 0 Å². The van der Waals surface area contributed by atoms with Gasteiger partial charge < -0.3 is 4.74 Å². The first-order chi connectivity index (χ1) is 6.27. The number of hydrogen-bond acceptors (Lipinski definition) is 1. The second-order valence-electron chi connectivity index (χ2n) is 4.35. The third-order valence-electron chi connectivity index (χ3n) is 3.71. The fraction of sp³-hybridized carbons (Fsp3) is 0.500. The van der Waals surface area contributed by atoms with Crippen LogP contribution in [0.3, 0.4) is 0 Å². The van der Waals surface area contributed by atoms with Crippen molar-refractivity contribution in [2.24, 2.45) is 0 Å². The van der Waals surface area contributed by atoms with Crippen LogP contribution in [0, 0.1) is 0 Å². The van der Waals surface area contributed by atoms with Crippen molar-refractivity contribution >= 4 is 0 Å². The van der Waals surface area contributed by atoms with Crippen LogP contribution < -0.4 is 0 Å². The number of hydrogen-bond donors (Lipinski definition) is 0. The Morgan fingerprint density at radius 3 is 2.31 bits per heavy atom. The number of rotatable bonds is 1. The minimum Gasteiger partial charge on any atom is -0.358 e. The van der Waals surface area contributed by atoms with Crippen molar-refractivity contribution in [3.63, 3.8) is 0 Å². The quantitative estimate of drug-likeness (QED) is 0.596. The van der Waals surface area contributed by atoms with Crippen LogP contribution in [0.5, 0.6) is 0 Å². The fourth-order valence-electron chi connectivity index (χ4n) is 2.52. The maximum absolute atomic E-state index is 5.91. The lowest BCUT2D eigenvalue weighted by Crippen LogP contribution is -2.29.